The van der Waals surface area contributed by atoms with E-state index in [2.05, 4.69) is 20.9 Å². The first kappa shape index (κ1) is 16.0. The number of aromatic nitrogens is 1. The second-order valence-electron chi connectivity index (χ2n) is 4.85. The van der Waals surface area contributed by atoms with Crippen LogP contribution in [0.4, 0.5) is 10.8 Å². The zero-order chi connectivity index (χ0) is 15.9. The third-order valence-corrected chi connectivity index (χ3v) is 3.63. The van der Waals surface area contributed by atoms with Crippen molar-refractivity contribution in [2.75, 3.05) is 17.2 Å². The number of benzene rings is 1. The van der Waals surface area contributed by atoms with Crippen LogP contribution >= 0.6 is 11.3 Å². The molecule has 0 saturated carbocycles. The molecule has 1 atom stereocenters. The zero-order valence-corrected chi connectivity index (χ0v) is 13.2. The predicted molar refractivity (Wildman–Crippen MR) is 88.0 cm³/mol. The Kier molecular flexibility index (Phi) is 5.48. The van der Waals surface area contributed by atoms with Crippen molar-refractivity contribution in [3.63, 3.8) is 0 Å². The summed E-state index contributed by atoms with van der Waals surface area (Å²) in [7, 11) is 0. The first-order valence-corrected chi connectivity index (χ1v) is 7.69. The van der Waals surface area contributed by atoms with E-state index in [1.54, 1.807) is 6.20 Å². The average Bonchev–Trinajstić information content (AvgIpc) is 2.91. The maximum Gasteiger partial charge on any atom is 0.315 e. The molecule has 0 saturated heterocycles. The summed E-state index contributed by atoms with van der Waals surface area (Å²) < 4.78 is 0. The largest absolute Gasteiger partial charge is 0.381 e. The molecule has 0 aliphatic carbocycles. The number of carbonyl (C=O) groups is 2. The van der Waals surface area contributed by atoms with Crippen LogP contribution in [-0.2, 0) is 9.59 Å². The van der Waals surface area contributed by atoms with Gasteiger partial charge in [0, 0.05) is 29.3 Å². The zero-order valence-electron chi connectivity index (χ0n) is 12.4. The molecule has 0 radical (unpaired) electrons. The number of rotatable bonds is 5. The third kappa shape index (κ3) is 4.85. The van der Waals surface area contributed by atoms with Crippen LogP contribution < -0.4 is 16.0 Å². The fourth-order valence-electron chi connectivity index (χ4n) is 1.76. The van der Waals surface area contributed by atoms with Crippen molar-refractivity contribution in [3.8, 4) is 0 Å². The number of nitrogens with one attached hydrogen (secondary N) is 3. The molecule has 6 nitrogen and oxygen atoms in total. The van der Waals surface area contributed by atoms with Crippen LogP contribution in [0.5, 0.6) is 0 Å². The van der Waals surface area contributed by atoms with Crippen molar-refractivity contribution in [2.45, 2.75) is 19.9 Å². The van der Waals surface area contributed by atoms with Crippen LogP contribution in [0.25, 0.3) is 0 Å². The lowest BCUT2D eigenvalue weighted by atomic mass is 10.2. The Morgan fingerprint density at radius 2 is 1.95 bits per heavy atom. The molecule has 0 aliphatic heterocycles. The monoisotopic (exact) mass is 318 g/mol. The van der Waals surface area contributed by atoms with Gasteiger partial charge in [-0.25, -0.2) is 4.98 Å². The van der Waals surface area contributed by atoms with Crippen LogP contribution in [0.15, 0.2) is 36.5 Å². The summed E-state index contributed by atoms with van der Waals surface area (Å²) >= 11 is 1.32. The number of thiazole rings is 1. The molecule has 1 aromatic heterocycles. The van der Waals surface area contributed by atoms with Crippen molar-refractivity contribution in [1.29, 1.82) is 0 Å². The van der Waals surface area contributed by atoms with Gasteiger partial charge in [-0.05, 0) is 26.0 Å². The highest BCUT2D eigenvalue weighted by Gasteiger charge is 2.15. The summed E-state index contributed by atoms with van der Waals surface area (Å²) in [6.07, 6.45) is 1.64. The van der Waals surface area contributed by atoms with E-state index in [0.29, 0.717) is 11.7 Å². The Morgan fingerprint density at radius 3 is 2.59 bits per heavy atom. The highest BCUT2D eigenvalue weighted by Crippen LogP contribution is 2.16. The number of aryl methyl sites for hydroxylation is 1. The van der Waals surface area contributed by atoms with Gasteiger partial charge in [0.25, 0.3) is 0 Å². The van der Waals surface area contributed by atoms with Gasteiger partial charge in [0.15, 0.2) is 5.13 Å². The van der Waals surface area contributed by atoms with Gasteiger partial charge in [-0.3, -0.25) is 14.9 Å². The van der Waals surface area contributed by atoms with E-state index in [1.165, 1.54) is 11.3 Å². The normalized spacial score (nSPS) is 11.5. The van der Waals surface area contributed by atoms with Gasteiger partial charge in [0.1, 0.15) is 0 Å². The molecular formula is C15H18N4O2S. The van der Waals surface area contributed by atoms with Gasteiger partial charge in [0.2, 0.25) is 0 Å². The second kappa shape index (κ2) is 7.56. The quantitative estimate of drug-likeness (QED) is 0.736. The molecule has 0 fully saturated rings. The Bertz CT molecular complexity index is 642. The molecule has 2 rings (SSSR count). The van der Waals surface area contributed by atoms with Crippen LogP contribution in [0.2, 0.25) is 0 Å². The van der Waals surface area contributed by atoms with E-state index >= 15 is 0 Å². The summed E-state index contributed by atoms with van der Waals surface area (Å²) in [6, 6.07) is 9.67. The molecule has 7 heteroatoms. The molecular weight excluding hydrogens is 300 g/mol. The highest BCUT2D eigenvalue weighted by molar-refractivity contribution is 7.15. The van der Waals surface area contributed by atoms with Gasteiger partial charge in [-0.2, -0.15) is 0 Å². The molecule has 0 spiro atoms. The smallest absolute Gasteiger partial charge is 0.315 e. The molecule has 2 aromatic rings. The predicted octanol–water partition coefficient (Wildman–Crippen LogP) is 2.01. The third-order valence-electron chi connectivity index (χ3n) is 2.80. The molecule has 0 aliphatic rings. The van der Waals surface area contributed by atoms with Crippen LogP contribution in [0, 0.1) is 6.92 Å². The van der Waals surface area contributed by atoms with Crippen molar-refractivity contribution >= 4 is 34.0 Å². The topological polar surface area (TPSA) is 83.1 Å². The second-order valence-corrected chi connectivity index (χ2v) is 6.09. The number of para-hydroxylation sites is 1. The molecule has 1 heterocycles. The highest BCUT2D eigenvalue weighted by atomic mass is 32.1. The van der Waals surface area contributed by atoms with E-state index in [9.17, 15) is 9.59 Å². The maximum atomic E-state index is 11.7. The summed E-state index contributed by atoms with van der Waals surface area (Å²) in [5.41, 5.74) is 0.965. The fourth-order valence-corrected chi connectivity index (χ4v) is 2.42. The Morgan fingerprint density at radius 1 is 1.23 bits per heavy atom. The van der Waals surface area contributed by atoms with Crippen molar-refractivity contribution in [1.82, 2.24) is 10.3 Å². The van der Waals surface area contributed by atoms with E-state index in [-0.39, 0.29) is 6.04 Å². The van der Waals surface area contributed by atoms with E-state index < -0.39 is 11.8 Å². The van der Waals surface area contributed by atoms with Gasteiger partial charge >= 0.3 is 11.8 Å². The SMILES string of the molecule is Cc1cnc(NC(=O)C(=O)NC[C@H](C)Nc2ccccc2)s1. The first-order chi connectivity index (χ1) is 10.5. The van der Waals surface area contributed by atoms with Crippen molar-refractivity contribution in [2.24, 2.45) is 0 Å². The Balaban J connectivity index is 1.75. The number of carbonyl (C=O) groups excluding carboxylic acids is 2. The number of amides is 2. The number of nitrogens with zero attached hydrogens (tertiary/aromatic N) is 1. The van der Waals surface area contributed by atoms with E-state index in [0.717, 1.165) is 10.6 Å². The molecule has 0 unspecified atom stereocenters. The minimum atomic E-state index is -0.707. The fraction of sp³-hybridized carbons (Fsp3) is 0.267. The van der Waals surface area contributed by atoms with E-state index in [1.807, 2.05) is 44.2 Å². The van der Waals surface area contributed by atoms with E-state index in [4.69, 9.17) is 0 Å². The van der Waals surface area contributed by atoms with Crippen molar-refractivity contribution in [3.05, 3.63) is 41.4 Å². The van der Waals surface area contributed by atoms with Crippen LogP contribution in [0.1, 0.15) is 11.8 Å². The summed E-state index contributed by atoms with van der Waals surface area (Å²) in [6.45, 7) is 4.15. The standard InChI is InChI=1S/C15H18N4O2S/c1-10(18-12-6-4-3-5-7-12)8-16-13(20)14(21)19-15-17-9-11(2)22-15/h3-7,9-10,18H,8H2,1-2H3,(H,16,20)(H,17,19,21)/t10-/m0/s1. The number of hydrogen-bond acceptors (Lipinski definition) is 5. The first-order valence-electron chi connectivity index (χ1n) is 6.88. The van der Waals surface area contributed by atoms with Crippen LogP contribution in [-0.4, -0.2) is 29.4 Å². The lowest BCUT2D eigenvalue weighted by Gasteiger charge is -2.15. The maximum absolute atomic E-state index is 11.7. The molecule has 3 N–H and O–H groups in total. The van der Waals surface area contributed by atoms with Crippen LogP contribution in [0.3, 0.4) is 0 Å². The van der Waals surface area contributed by atoms with Gasteiger partial charge in [-0.15, -0.1) is 11.3 Å². The van der Waals surface area contributed by atoms with Crippen molar-refractivity contribution < 1.29 is 9.59 Å². The summed E-state index contributed by atoms with van der Waals surface area (Å²) in [5, 5.41) is 8.72. The molecule has 116 valence electrons. The van der Waals surface area contributed by atoms with Gasteiger partial charge in [-0.1, -0.05) is 18.2 Å². The van der Waals surface area contributed by atoms with Gasteiger partial charge < -0.3 is 10.6 Å². The summed E-state index contributed by atoms with van der Waals surface area (Å²) in [5.74, 6) is -1.38. The molecule has 2 amide bonds. The Labute approximate surface area is 133 Å². The summed E-state index contributed by atoms with van der Waals surface area (Å²) in [4.78, 5) is 28.4. The number of hydrogen-bond donors (Lipinski definition) is 3. The Hall–Kier alpha value is -2.41. The minimum Gasteiger partial charge on any atom is -0.381 e. The van der Waals surface area contributed by atoms with Gasteiger partial charge in [0.05, 0.1) is 0 Å². The molecule has 22 heavy (non-hydrogen) atoms. The lowest BCUT2D eigenvalue weighted by Crippen LogP contribution is -2.40. The molecule has 1 aromatic carbocycles. The number of anilines is 2. The lowest BCUT2D eigenvalue weighted by molar-refractivity contribution is -0.136. The minimum absolute atomic E-state index is 0.00116. The molecule has 0 bridgehead atoms. The average molecular weight is 318 g/mol.